The lowest BCUT2D eigenvalue weighted by molar-refractivity contribution is -0.255. The van der Waals surface area contributed by atoms with Gasteiger partial charge in [-0.05, 0) is 29.8 Å². The number of benzene rings is 1. The zero-order valence-corrected chi connectivity index (χ0v) is 9.25. The second-order valence-corrected chi connectivity index (χ2v) is 3.82. The minimum Gasteiger partial charge on any atom is -0.545 e. The predicted molar refractivity (Wildman–Crippen MR) is 63.7 cm³/mol. The molecule has 0 atom stereocenters. The van der Waals surface area contributed by atoms with Crippen LogP contribution >= 0.6 is 0 Å². The van der Waals surface area contributed by atoms with Crippen LogP contribution in [0.2, 0.25) is 0 Å². The fourth-order valence-corrected chi connectivity index (χ4v) is 1.76. The number of fused-ring (bicyclic) bond motifs is 1. The third-order valence-corrected chi connectivity index (χ3v) is 2.63. The van der Waals surface area contributed by atoms with Crippen molar-refractivity contribution in [1.29, 1.82) is 0 Å². The minimum absolute atomic E-state index is 0.124. The zero-order chi connectivity index (χ0) is 12.5. The van der Waals surface area contributed by atoms with Crippen LogP contribution in [0.5, 0.6) is 0 Å². The molecule has 0 bridgehead atoms. The third kappa shape index (κ3) is 1.71. The quantitative estimate of drug-likeness (QED) is 0.721. The second kappa shape index (κ2) is 3.96. The summed E-state index contributed by atoms with van der Waals surface area (Å²) in [6, 6.07) is 10.1. The van der Waals surface area contributed by atoms with Crippen molar-refractivity contribution in [3.8, 4) is 11.5 Å². The highest BCUT2D eigenvalue weighted by Gasteiger charge is 2.06. The van der Waals surface area contributed by atoms with Gasteiger partial charge in [0.1, 0.15) is 5.69 Å². The molecule has 18 heavy (non-hydrogen) atoms. The number of carboxylic acid groups (broad SMARTS) is 1. The maximum absolute atomic E-state index is 10.8. The van der Waals surface area contributed by atoms with Gasteiger partial charge in [-0.3, -0.25) is 4.98 Å². The molecule has 0 saturated carbocycles. The number of carbonyl (C=O) groups excluding carboxylic acids is 1. The number of imidazole rings is 1. The summed E-state index contributed by atoms with van der Waals surface area (Å²) >= 11 is 0. The van der Waals surface area contributed by atoms with Crippen molar-refractivity contribution < 1.29 is 9.90 Å². The standard InChI is InChI=1S/C13H9N3O2/c17-13(18)8-4-5-9-11(7-8)16-12(15-9)10-3-1-2-6-14-10/h1-7H,(H,15,16)(H,17,18)/p-1. The molecular weight excluding hydrogens is 230 g/mol. The van der Waals surface area contributed by atoms with Crippen LogP contribution < -0.4 is 5.11 Å². The molecule has 0 aliphatic heterocycles. The number of aromatic carboxylic acids is 1. The van der Waals surface area contributed by atoms with Crippen molar-refractivity contribution in [3.05, 3.63) is 48.2 Å². The van der Waals surface area contributed by atoms with Crippen LogP contribution in [-0.2, 0) is 0 Å². The largest absolute Gasteiger partial charge is 0.545 e. The van der Waals surface area contributed by atoms with Gasteiger partial charge in [0, 0.05) is 6.20 Å². The molecule has 2 aromatic heterocycles. The summed E-state index contributed by atoms with van der Waals surface area (Å²) in [5, 5.41) is 10.8. The Hall–Kier alpha value is -2.69. The van der Waals surface area contributed by atoms with Gasteiger partial charge in [0.2, 0.25) is 0 Å². The molecule has 1 N–H and O–H groups in total. The highest BCUT2D eigenvalue weighted by Crippen LogP contribution is 2.19. The molecule has 0 radical (unpaired) electrons. The molecule has 0 saturated heterocycles. The number of aromatic nitrogens is 3. The van der Waals surface area contributed by atoms with E-state index in [0.29, 0.717) is 22.6 Å². The predicted octanol–water partition coefficient (Wildman–Crippen LogP) is 0.988. The molecule has 2 heterocycles. The fraction of sp³-hybridized carbons (Fsp3) is 0. The van der Waals surface area contributed by atoms with Crippen LogP contribution in [0.4, 0.5) is 0 Å². The average molecular weight is 238 g/mol. The van der Waals surface area contributed by atoms with Crippen LogP contribution in [0.25, 0.3) is 22.6 Å². The lowest BCUT2D eigenvalue weighted by Crippen LogP contribution is -2.21. The molecule has 0 aliphatic rings. The summed E-state index contributed by atoms with van der Waals surface area (Å²) in [6.07, 6.45) is 1.68. The lowest BCUT2D eigenvalue weighted by atomic mass is 10.2. The van der Waals surface area contributed by atoms with Gasteiger partial charge in [-0.25, -0.2) is 4.98 Å². The SMILES string of the molecule is O=C([O-])c1ccc2nc(-c3ccccn3)[nH]c2c1. The van der Waals surface area contributed by atoms with Gasteiger partial charge >= 0.3 is 0 Å². The monoisotopic (exact) mass is 238 g/mol. The first kappa shape index (κ1) is 10.5. The van der Waals surface area contributed by atoms with E-state index in [9.17, 15) is 9.90 Å². The Morgan fingerprint density at radius 2 is 2.11 bits per heavy atom. The number of carbonyl (C=O) groups is 1. The van der Waals surface area contributed by atoms with Crippen molar-refractivity contribution >= 4 is 17.0 Å². The molecule has 0 unspecified atom stereocenters. The highest BCUT2D eigenvalue weighted by atomic mass is 16.4. The van der Waals surface area contributed by atoms with E-state index in [2.05, 4.69) is 15.0 Å². The number of aromatic amines is 1. The van der Waals surface area contributed by atoms with E-state index >= 15 is 0 Å². The highest BCUT2D eigenvalue weighted by molar-refractivity contribution is 5.91. The summed E-state index contributed by atoms with van der Waals surface area (Å²) in [6.45, 7) is 0. The molecule has 88 valence electrons. The molecule has 0 fully saturated rings. The number of rotatable bonds is 2. The molecule has 1 aromatic carbocycles. The molecule has 5 nitrogen and oxygen atoms in total. The fourth-order valence-electron chi connectivity index (χ4n) is 1.76. The summed E-state index contributed by atoms with van der Waals surface area (Å²) in [4.78, 5) is 22.3. The summed E-state index contributed by atoms with van der Waals surface area (Å²) in [7, 11) is 0. The van der Waals surface area contributed by atoms with Crippen molar-refractivity contribution in [1.82, 2.24) is 15.0 Å². The average Bonchev–Trinajstić information content (AvgIpc) is 2.82. The molecule has 0 amide bonds. The lowest BCUT2D eigenvalue weighted by Gasteiger charge is -2.00. The number of carboxylic acids is 1. The number of pyridine rings is 1. The first-order chi connectivity index (χ1) is 8.74. The molecule has 3 rings (SSSR count). The van der Waals surface area contributed by atoms with Gasteiger partial charge in [0.05, 0.1) is 17.0 Å². The van der Waals surface area contributed by atoms with Gasteiger partial charge in [-0.2, -0.15) is 0 Å². The number of nitrogens with one attached hydrogen (secondary N) is 1. The van der Waals surface area contributed by atoms with Crippen molar-refractivity contribution in [2.24, 2.45) is 0 Å². The van der Waals surface area contributed by atoms with Crippen LogP contribution in [0.3, 0.4) is 0 Å². The first-order valence-electron chi connectivity index (χ1n) is 5.36. The van der Waals surface area contributed by atoms with Crippen LogP contribution in [0.15, 0.2) is 42.6 Å². The number of hydrogen-bond donors (Lipinski definition) is 1. The number of hydrogen-bond acceptors (Lipinski definition) is 4. The van der Waals surface area contributed by atoms with E-state index in [-0.39, 0.29) is 5.56 Å². The van der Waals surface area contributed by atoms with E-state index in [4.69, 9.17) is 0 Å². The van der Waals surface area contributed by atoms with E-state index in [1.54, 1.807) is 12.3 Å². The Bertz CT molecular complexity index is 719. The van der Waals surface area contributed by atoms with Crippen molar-refractivity contribution in [2.75, 3.05) is 0 Å². The Balaban J connectivity index is 2.14. The Labute approximate surface area is 102 Å². The van der Waals surface area contributed by atoms with E-state index in [1.807, 2.05) is 18.2 Å². The van der Waals surface area contributed by atoms with Gasteiger partial charge in [-0.15, -0.1) is 0 Å². The molecule has 0 spiro atoms. The zero-order valence-electron chi connectivity index (χ0n) is 9.25. The minimum atomic E-state index is -1.20. The molecule has 5 heteroatoms. The summed E-state index contributed by atoms with van der Waals surface area (Å²) in [5.41, 5.74) is 2.18. The summed E-state index contributed by atoms with van der Waals surface area (Å²) in [5.74, 6) is -0.591. The maximum Gasteiger partial charge on any atom is 0.157 e. The van der Waals surface area contributed by atoms with Crippen molar-refractivity contribution in [2.45, 2.75) is 0 Å². The Kier molecular flexibility index (Phi) is 2.30. The molecule has 3 aromatic rings. The van der Waals surface area contributed by atoms with Gasteiger partial charge in [0.25, 0.3) is 0 Å². The van der Waals surface area contributed by atoms with Gasteiger partial charge in [-0.1, -0.05) is 12.1 Å². The maximum atomic E-state index is 10.8. The van der Waals surface area contributed by atoms with E-state index in [0.717, 1.165) is 0 Å². The third-order valence-electron chi connectivity index (χ3n) is 2.63. The Morgan fingerprint density at radius 1 is 1.22 bits per heavy atom. The van der Waals surface area contributed by atoms with Gasteiger partial charge < -0.3 is 14.9 Å². The van der Waals surface area contributed by atoms with Crippen LogP contribution in [0, 0.1) is 0 Å². The van der Waals surface area contributed by atoms with Crippen LogP contribution in [-0.4, -0.2) is 20.9 Å². The number of nitrogens with zero attached hydrogens (tertiary/aromatic N) is 2. The number of H-pyrrole nitrogens is 1. The van der Waals surface area contributed by atoms with E-state index < -0.39 is 5.97 Å². The van der Waals surface area contributed by atoms with E-state index in [1.165, 1.54) is 12.1 Å². The van der Waals surface area contributed by atoms with Gasteiger partial charge in [0.15, 0.2) is 5.82 Å². The topological polar surface area (TPSA) is 81.7 Å². The van der Waals surface area contributed by atoms with Crippen LogP contribution in [0.1, 0.15) is 10.4 Å². The van der Waals surface area contributed by atoms with Crippen molar-refractivity contribution in [3.63, 3.8) is 0 Å². The Morgan fingerprint density at radius 3 is 2.83 bits per heavy atom. The summed E-state index contributed by atoms with van der Waals surface area (Å²) < 4.78 is 0. The smallest absolute Gasteiger partial charge is 0.157 e. The first-order valence-corrected chi connectivity index (χ1v) is 5.36. The second-order valence-electron chi connectivity index (χ2n) is 3.82. The molecule has 0 aliphatic carbocycles. The molecular formula is C13H8N3O2-. The normalized spacial score (nSPS) is 10.7.